The molecule has 24 heavy (non-hydrogen) atoms. The Morgan fingerprint density at radius 3 is 2.71 bits per heavy atom. The van der Waals surface area contributed by atoms with Gasteiger partial charge >= 0.3 is 0 Å². The lowest BCUT2D eigenvalue weighted by Gasteiger charge is -2.38. The number of hydrogen-bond donors (Lipinski definition) is 0. The number of hydrogen-bond acceptors (Lipinski definition) is 1. The van der Waals surface area contributed by atoms with Crippen LogP contribution in [-0.4, -0.2) is 18.0 Å². The Morgan fingerprint density at radius 1 is 1.17 bits per heavy atom. The molecule has 0 unspecified atom stereocenters. The van der Waals surface area contributed by atoms with E-state index in [9.17, 15) is 0 Å². The number of rotatable bonds is 3. The molecule has 1 saturated heterocycles. The summed E-state index contributed by atoms with van der Waals surface area (Å²) in [5.74, 6) is 0.657. The molecule has 2 aromatic carbocycles. The summed E-state index contributed by atoms with van der Waals surface area (Å²) in [5, 5.41) is 0. The van der Waals surface area contributed by atoms with Gasteiger partial charge in [0, 0.05) is 25.6 Å². The van der Waals surface area contributed by atoms with Gasteiger partial charge in [-0.05, 0) is 47.4 Å². The van der Waals surface area contributed by atoms with E-state index < -0.39 is 0 Å². The molecule has 1 heteroatoms. The number of nitrogens with zero attached hydrogens (tertiary/aromatic N) is 1. The fourth-order valence-corrected chi connectivity index (χ4v) is 4.87. The van der Waals surface area contributed by atoms with E-state index >= 15 is 0 Å². The summed E-state index contributed by atoms with van der Waals surface area (Å²) in [7, 11) is 0. The van der Waals surface area contributed by atoms with Crippen LogP contribution >= 0.6 is 0 Å². The van der Waals surface area contributed by atoms with E-state index in [1.807, 2.05) is 0 Å². The monoisotopic (exact) mass is 317 g/mol. The number of likely N-dealkylation sites (tertiary alicyclic amines) is 1. The molecule has 0 spiro atoms. The van der Waals surface area contributed by atoms with Crippen LogP contribution in [0.25, 0.3) is 5.57 Å². The van der Waals surface area contributed by atoms with Crippen LogP contribution < -0.4 is 0 Å². The topological polar surface area (TPSA) is 3.24 Å². The zero-order valence-electron chi connectivity index (χ0n) is 14.9. The first-order chi connectivity index (χ1) is 11.6. The molecule has 124 valence electrons. The van der Waals surface area contributed by atoms with Gasteiger partial charge in [-0.3, -0.25) is 4.90 Å². The zero-order valence-corrected chi connectivity index (χ0v) is 14.9. The third-order valence-corrected chi connectivity index (χ3v) is 6.11. The van der Waals surface area contributed by atoms with E-state index in [-0.39, 0.29) is 0 Å². The van der Waals surface area contributed by atoms with Crippen molar-refractivity contribution >= 4 is 5.57 Å². The predicted molar refractivity (Wildman–Crippen MR) is 102 cm³/mol. The maximum atomic E-state index is 4.20. The molecule has 2 aliphatic rings. The molecule has 0 aromatic heterocycles. The lowest BCUT2D eigenvalue weighted by atomic mass is 9.66. The molecule has 2 atom stereocenters. The van der Waals surface area contributed by atoms with Gasteiger partial charge in [-0.1, -0.05) is 67.6 Å². The summed E-state index contributed by atoms with van der Waals surface area (Å²) in [5.41, 5.74) is 7.57. The van der Waals surface area contributed by atoms with Gasteiger partial charge in [0.15, 0.2) is 0 Å². The molecule has 0 amide bonds. The fraction of sp³-hybridized carbons (Fsp3) is 0.391. The Balaban J connectivity index is 1.64. The highest BCUT2D eigenvalue weighted by Gasteiger charge is 2.46. The first-order valence-electron chi connectivity index (χ1n) is 9.11. The minimum absolute atomic E-state index is 0.412. The van der Waals surface area contributed by atoms with E-state index in [1.54, 1.807) is 11.1 Å². The van der Waals surface area contributed by atoms with Crippen LogP contribution in [0, 0.1) is 5.41 Å². The zero-order chi connectivity index (χ0) is 16.7. The summed E-state index contributed by atoms with van der Waals surface area (Å²) >= 11 is 0. The van der Waals surface area contributed by atoms with Gasteiger partial charge in [0.25, 0.3) is 0 Å². The van der Waals surface area contributed by atoms with Crippen LogP contribution in [0.15, 0.2) is 55.1 Å². The number of fused-ring (bicyclic) bond motifs is 3. The predicted octanol–water partition coefficient (Wildman–Crippen LogP) is 5.27. The summed E-state index contributed by atoms with van der Waals surface area (Å²) in [6.07, 6.45) is 2.49. The molecule has 1 nitrogen and oxygen atoms in total. The molecule has 1 heterocycles. The van der Waals surface area contributed by atoms with Crippen molar-refractivity contribution in [3.05, 3.63) is 77.4 Å². The van der Waals surface area contributed by atoms with Crippen LogP contribution in [0.1, 0.15) is 48.4 Å². The largest absolute Gasteiger partial charge is 0.298 e. The molecule has 0 bridgehead atoms. The second-order valence-electron chi connectivity index (χ2n) is 8.02. The van der Waals surface area contributed by atoms with Gasteiger partial charge in [-0.15, -0.1) is 0 Å². The van der Waals surface area contributed by atoms with Crippen molar-refractivity contribution in [1.29, 1.82) is 0 Å². The fourth-order valence-electron chi connectivity index (χ4n) is 4.87. The van der Waals surface area contributed by atoms with Crippen molar-refractivity contribution in [2.45, 2.75) is 39.2 Å². The van der Waals surface area contributed by atoms with Crippen LogP contribution in [-0.2, 0) is 13.0 Å². The SMILES string of the molecule is C=C(C)c1cccc2c1CC[C@@]1(C)CN(Cc3ccccc3)C[C@@H]21. The molecule has 4 rings (SSSR count). The molecule has 1 fully saturated rings. The quantitative estimate of drug-likeness (QED) is 0.745. The Kier molecular flexibility index (Phi) is 3.85. The maximum Gasteiger partial charge on any atom is 0.0234 e. The summed E-state index contributed by atoms with van der Waals surface area (Å²) in [4.78, 5) is 2.66. The summed E-state index contributed by atoms with van der Waals surface area (Å²) < 4.78 is 0. The highest BCUT2D eigenvalue weighted by molar-refractivity contribution is 5.66. The Hall–Kier alpha value is -1.86. The molecule has 2 aromatic rings. The Morgan fingerprint density at radius 2 is 1.96 bits per heavy atom. The van der Waals surface area contributed by atoms with Gasteiger partial charge in [-0.25, -0.2) is 0 Å². The average molecular weight is 317 g/mol. The van der Waals surface area contributed by atoms with Crippen molar-refractivity contribution < 1.29 is 0 Å². The average Bonchev–Trinajstić information content (AvgIpc) is 2.91. The van der Waals surface area contributed by atoms with Gasteiger partial charge in [0.2, 0.25) is 0 Å². The maximum absolute atomic E-state index is 4.20. The normalized spacial score (nSPS) is 26.0. The number of benzene rings is 2. The van der Waals surface area contributed by atoms with Crippen molar-refractivity contribution in [1.82, 2.24) is 4.90 Å². The van der Waals surface area contributed by atoms with E-state index in [0.717, 1.165) is 6.54 Å². The molecule has 0 N–H and O–H groups in total. The minimum atomic E-state index is 0.412. The molecular formula is C23H27N. The van der Waals surface area contributed by atoms with Crippen LogP contribution in [0.5, 0.6) is 0 Å². The third-order valence-electron chi connectivity index (χ3n) is 6.11. The second kappa shape index (κ2) is 5.89. The first-order valence-corrected chi connectivity index (χ1v) is 9.11. The van der Waals surface area contributed by atoms with Gasteiger partial charge in [0.1, 0.15) is 0 Å². The van der Waals surface area contributed by atoms with Crippen molar-refractivity contribution in [3.8, 4) is 0 Å². The van der Waals surface area contributed by atoms with E-state index in [1.165, 1.54) is 42.6 Å². The minimum Gasteiger partial charge on any atom is -0.298 e. The van der Waals surface area contributed by atoms with Crippen molar-refractivity contribution in [2.24, 2.45) is 5.41 Å². The molecule has 0 radical (unpaired) electrons. The van der Waals surface area contributed by atoms with Gasteiger partial charge < -0.3 is 0 Å². The van der Waals surface area contributed by atoms with Crippen LogP contribution in [0.2, 0.25) is 0 Å². The van der Waals surface area contributed by atoms with Gasteiger partial charge in [-0.2, -0.15) is 0 Å². The lowest BCUT2D eigenvalue weighted by Crippen LogP contribution is -2.31. The highest BCUT2D eigenvalue weighted by atomic mass is 15.2. The standard InChI is InChI=1S/C23H27N/c1-17(2)19-10-7-11-21-20(19)12-13-23(3)16-24(15-22(21)23)14-18-8-5-4-6-9-18/h4-11,22H,1,12-16H2,2-3H3/t22-,23-/m0/s1. The number of allylic oxidation sites excluding steroid dienone is 1. The second-order valence-corrected chi connectivity index (χ2v) is 8.02. The highest BCUT2D eigenvalue weighted by Crippen LogP contribution is 2.51. The molecular weight excluding hydrogens is 290 g/mol. The Labute approximate surface area is 146 Å². The molecule has 0 saturated carbocycles. The van der Waals surface area contributed by atoms with E-state index in [2.05, 4.69) is 73.9 Å². The van der Waals surface area contributed by atoms with Crippen molar-refractivity contribution in [3.63, 3.8) is 0 Å². The summed E-state index contributed by atoms with van der Waals surface area (Å²) in [6, 6.07) is 17.7. The molecule has 1 aliphatic carbocycles. The summed E-state index contributed by atoms with van der Waals surface area (Å²) in [6.45, 7) is 12.3. The van der Waals surface area contributed by atoms with Crippen LogP contribution in [0.4, 0.5) is 0 Å². The lowest BCUT2D eigenvalue weighted by molar-refractivity contribution is 0.240. The first kappa shape index (κ1) is 15.7. The van der Waals surface area contributed by atoms with Crippen LogP contribution in [0.3, 0.4) is 0 Å². The van der Waals surface area contributed by atoms with Gasteiger partial charge in [0.05, 0.1) is 0 Å². The van der Waals surface area contributed by atoms with E-state index in [0.29, 0.717) is 11.3 Å². The smallest absolute Gasteiger partial charge is 0.0234 e. The third kappa shape index (κ3) is 2.61. The van der Waals surface area contributed by atoms with E-state index in [4.69, 9.17) is 0 Å². The molecule has 1 aliphatic heterocycles. The Bertz CT molecular complexity index is 761. The van der Waals surface area contributed by atoms with Crippen molar-refractivity contribution in [2.75, 3.05) is 13.1 Å².